The number of benzene rings is 2. The summed E-state index contributed by atoms with van der Waals surface area (Å²) in [6.45, 7) is 1.55. The van der Waals surface area contributed by atoms with Crippen molar-refractivity contribution in [2.75, 3.05) is 20.3 Å². The Balaban J connectivity index is 1.54. The Bertz CT molecular complexity index is 1250. The maximum atomic E-state index is 12.8. The number of ether oxygens (including phenoxy) is 3. The number of rotatable bonds is 8. The van der Waals surface area contributed by atoms with E-state index in [-0.39, 0.29) is 30.9 Å². The molecule has 34 heavy (non-hydrogen) atoms. The van der Waals surface area contributed by atoms with Crippen molar-refractivity contribution in [3.05, 3.63) is 77.2 Å². The number of hydrogen-bond acceptors (Lipinski definition) is 7. The molecule has 2 amide bonds. The van der Waals surface area contributed by atoms with Gasteiger partial charge in [0.1, 0.15) is 17.9 Å². The van der Waals surface area contributed by atoms with Gasteiger partial charge in [-0.05, 0) is 24.6 Å². The number of carbonyl (C=O) groups is 3. The summed E-state index contributed by atoms with van der Waals surface area (Å²) in [6, 6.07) is 13.1. The SMILES string of the molecule is CCOC(=O)C1=C(COC(=O)Cc2coc3cc(OC)ccc23)NC(=O)NC1c1ccccc1. The lowest BCUT2D eigenvalue weighted by Gasteiger charge is -2.29. The molecule has 1 unspecified atom stereocenters. The summed E-state index contributed by atoms with van der Waals surface area (Å²) in [6.07, 6.45) is 1.45. The van der Waals surface area contributed by atoms with Gasteiger partial charge >= 0.3 is 18.0 Å². The normalized spacial score (nSPS) is 15.5. The number of hydrogen-bond donors (Lipinski definition) is 2. The summed E-state index contributed by atoms with van der Waals surface area (Å²) >= 11 is 0. The molecule has 3 aromatic rings. The van der Waals surface area contributed by atoms with Crippen molar-refractivity contribution in [1.29, 1.82) is 0 Å². The lowest BCUT2D eigenvalue weighted by molar-refractivity contribution is -0.143. The summed E-state index contributed by atoms with van der Waals surface area (Å²) in [5, 5.41) is 6.08. The van der Waals surface area contributed by atoms with Gasteiger partial charge in [0.15, 0.2) is 0 Å². The number of urea groups is 1. The number of amides is 2. The molecule has 2 N–H and O–H groups in total. The minimum Gasteiger partial charge on any atom is -0.497 e. The average Bonchev–Trinajstić information content (AvgIpc) is 3.24. The smallest absolute Gasteiger partial charge is 0.338 e. The third-order valence-electron chi connectivity index (χ3n) is 5.36. The first-order valence-corrected chi connectivity index (χ1v) is 10.7. The monoisotopic (exact) mass is 464 g/mol. The fraction of sp³-hybridized carbons (Fsp3) is 0.240. The highest BCUT2D eigenvalue weighted by atomic mass is 16.5. The van der Waals surface area contributed by atoms with Gasteiger partial charge in [-0.15, -0.1) is 0 Å². The lowest BCUT2D eigenvalue weighted by atomic mass is 9.95. The predicted molar refractivity (Wildman–Crippen MR) is 122 cm³/mol. The summed E-state index contributed by atoms with van der Waals surface area (Å²) in [5.41, 5.74) is 2.29. The minimum absolute atomic E-state index is 0.0460. The number of furan rings is 1. The van der Waals surface area contributed by atoms with Crippen LogP contribution in [0.1, 0.15) is 24.1 Å². The maximum Gasteiger partial charge on any atom is 0.338 e. The van der Waals surface area contributed by atoms with Crippen LogP contribution in [-0.4, -0.2) is 38.3 Å². The standard InChI is InChI=1S/C25H24N2O7/c1-3-32-24(29)22-19(26-25(30)27-23(22)15-7-5-4-6-8-15)14-34-21(28)11-16-13-33-20-12-17(31-2)9-10-18(16)20/h4-10,12-13,23H,3,11,14H2,1-2H3,(H2,26,27,30). The molecular weight excluding hydrogens is 440 g/mol. The van der Waals surface area contributed by atoms with E-state index in [9.17, 15) is 14.4 Å². The predicted octanol–water partition coefficient (Wildman–Crippen LogP) is 3.40. The van der Waals surface area contributed by atoms with Gasteiger partial charge in [-0.25, -0.2) is 9.59 Å². The Morgan fingerprint density at radius 2 is 1.88 bits per heavy atom. The number of methoxy groups -OCH3 is 1. The van der Waals surface area contributed by atoms with Crippen molar-refractivity contribution < 1.29 is 33.0 Å². The molecule has 2 heterocycles. The first kappa shape index (κ1) is 22.9. The van der Waals surface area contributed by atoms with Crippen LogP contribution < -0.4 is 15.4 Å². The van der Waals surface area contributed by atoms with Gasteiger partial charge in [0.2, 0.25) is 0 Å². The molecule has 2 aromatic carbocycles. The maximum absolute atomic E-state index is 12.8. The fourth-order valence-corrected chi connectivity index (χ4v) is 3.76. The summed E-state index contributed by atoms with van der Waals surface area (Å²) in [5.74, 6) is -0.507. The van der Waals surface area contributed by atoms with E-state index >= 15 is 0 Å². The molecule has 0 bridgehead atoms. The topological polar surface area (TPSA) is 116 Å². The van der Waals surface area contributed by atoms with E-state index in [2.05, 4.69) is 10.6 Å². The van der Waals surface area contributed by atoms with Crippen LogP contribution in [0.15, 0.2) is 70.5 Å². The second-order valence-corrected chi connectivity index (χ2v) is 7.52. The number of esters is 2. The Hall–Kier alpha value is -4.27. The van der Waals surface area contributed by atoms with Crippen LogP contribution in [-0.2, 0) is 25.5 Å². The second kappa shape index (κ2) is 10.1. The van der Waals surface area contributed by atoms with Gasteiger partial charge in [-0.3, -0.25) is 4.79 Å². The third-order valence-corrected chi connectivity index (χ3v) is 5.36. The van der Waals surface area contributed by atoms with Crippen molar-refractivity contribution in [3.8, 4) is 5.75 Å². The van der Waals surface area contributed by atoms with Crippen molar-refractivity contribution in [2.45, 2.75) is 19.4 Å². The van der Waals surface area contributed by atoms with Crippen LogP contribution in [0.5, 0.6) is 5.75 Å². The van der Waals surface area contributed by atoms with E-state index in [4.69, 9.17) is 18.6 Å². The molecule has 9 nitrogen and oxygen atoms in total. The molecular formula is C25H24N2O7. The lowest BCUT2D eigenvalue weighted by Crippen LogP contribution is -2.47. The fourth-order valence-electron chi connectivity index (χ4n) is 3.76. The average molecular weight is 464 g/mol. The molecule has 0 radical (unpaired) electrons. The van der Waals surface area contributed by atoms with Gasteiger partial charge in [-0.1, -0.05) is 30.3 Å². The largest absolute Gasteiger partial charge is 0.497 e. The van der Waals surface area contributed by atoms with Gasteiger partial charge < -0.3 is 29.3 Å². The van der Waals surface area contributed by atoms with Crippen LogP contribution in [0.2, 0.25) is 0 Å². The van der Waals surface area contributed by atoms with Crippen LogP contribution >= 0.6 is 0 Å². The van der Waals surface area contributed by atoms with Crippen LogP contribution in [0, 0.1) is 0 Å². The Kier molecular flexibility index (Phi) is 6.82. The summed E-state index contributed by atoms with van der Waals surface area (Å²) < 4.78 is 21.3. The van der Waals surface area contributed by atoms with Crippen molar-refractivity contribution in [2.24, 2.45) is 0 Å². The summed E-state index contributed by atoms with van der Waals surface area (Å²) in [4.78, 5) is 37.7. The molecule has 176 valence electrons. The van der Waals surface area contributed by atoms with E-state index in [1.165, 1.54) is 6.26 Å². The Morgan fingerprint density at radius 1 is 1.09 bits per heavy atom. The quantitative estimate of drug-likeness (QED) is 0.491. The van der Waals surface area contributed by atoms with E-state index < -0.39 is 24.0 Å². The molecule has 1 aromatic heterocycles. The van der Waals surface area contributed by atoms with Crippen LogP contribution in [0.3, 0.4) is 0 Å². The van der Waals surface area contributed by atoms with E-state index in [1.807, 2.05) is 6.07 Å². The molecule has 4 rings (SSSR count). The van der Waals surface area contributed by atoms with Crippen molar-refractivity contribution >= 4 is 28.9 Å². The molecule has 0 saturated carbocycles. The van der Waals surface area contributed by atoms with Crippen molar-refractivity contribution in [1.82, 2.24) is 10.6 Å². The van der Waals surface area contributed by atoms with E-state index in [1.54, 1.807) is 56.5 Å². The number of nitrogens with one attached hydrogen (secondary N) is 2. The van der Waals surface area contributed by atoms with Gasteiger partial charge in [0.25, 0.3) is 0 Å². The molecule has 0 aliphatic carbocycles. The van der Waals surface area contributed by atoms with Crippen LogP contribution in [0.4, 0.5) is 4.79 Å². The first-order valence-electron chi connectivity index (χ1n) is 10.7. The molecule has 1 atom stereocenters. The molecule has 9 heteroatoms. The van der Waals surface area contributed by atoms with Gasteiger partial charge in [0, 0.05) is 17.0 Å². The number of fused-ring (bicyclic) bond motifs is 1. The molecule has 0 fully saturated rings. The second-order valence-electron chi connectivity index (χ2n) is 7.52. The van der Waals surface area contributed by atoms with Gasteiger partial charge in [0.05, 0.1) is 43.7 Å². The Labute approximate surface area is 195 Å². The molecule has 0 spiro atoms. The molecule has 1 aliphatic rings. The number of carbonyl (C=O) groups excluding carboxylic acids is 3. The highest BCUT2D eigenvalue weighted by Crippen LogP contribution is 2.29. The zero-order valence-electron chi connectivity index (χ0n) is 18.8. The Morgan fingerprint density at radius 3 is 2.62 bits per heavy atom. The van der Waals surface area contributed by atoms with E-state index in [0.29, 0.717) is 22.5 Å². The molecule has 1 aliphatic heterocycles. The third kappa shape index (κ3) is 4.88. The zero-order valence-corrected chi connectivity index (χ0v) is 18.8. The minimum atomic E-state index is -0.740. The van der Waals surface area contributed by atoms with Crippen molar-refractivity contribution in [3.63, 3.8) is 0 Å². The highest BCUT2D eigenvalue weighted by Gasteiger charge is 2.34. The van der Waals surface area contributed by atoms with Gasteiger partial charge in [-0.2, -0.15) is 0 Å². The summed E-state index contributed by atoms with van der Waals surface area (Å²) in [7, 11) is 1.56. The van der Waals surface area contributed by atoms with Crippen LogP contribution in [0.25, 0.3) is 11.0 Å². The van der Waals surface area contributed by atoms with E-state index in [0.717, 1.165) is 5.39 Å². The first-order chi connectivity index (χ1) is 16.5. The zero-order chi connectivity index (χ0) is 24.1. The molecule has 0 saturated heterocycles. The highest BCUT2D eigenvalue weighted by molar-refractivity contribution is 5.95.